The molecule has 2 unspecified atom stereocenters. The molecule has 0 bridgehead atoms. The van der Waals surface area contributed by atoms with E-state index in [1.54, 1.807) is 0 Å². The van der Waals surface area contributed by atoms with Gasteiger partial charge in [0.15, 0.2) is 0 Å². The van der Waals surface area contributed by atoms with E-state index in [2.05, 4.69) is 55.2 Å². The highest BCUT2D eigenvalue weighted by molar-refractivity contribution is 5.40. The first-order valence-electron chi connectivity index (χ1n) is 6.95. The van der Waals surface area contributed by atoms with E-state index in [9.17, 15) is 0 Å². The molecule has 18 heavy (non-hydrogen) atoms. The normalized spacial score (nSPS) is 22.3. The smallest absolute Gasteiger partial charge is 0.128 e. The average molecular weight is 247 g/mol. The number of rotatable bonds is 6. The molecule has 1 fully saturated rings. The van der Waals surface area contributed by atoms with Gasteiger partial charge in [0.25, 0.3) is 0 Å². The van der Waals surface area contributed by atoms with Crippen LogP contribution in [0.1, 0.15) is 32.8 Å². The summed E-state index contributed by atoms with van der Waals surface area (Å²) in [7, 11) is 2.15. The van der Waals surface area contributed by atoms with Gasteiger partial charge in [0, 0.05) is 32.4 Å². The Morgan fingerprint density at radius 3 is 2.83 bits per heavy atom. The summed E-state index contributed by atoms with van der Waals surface area (Å²) in [6.45, 7) is 8.72. The lowest BCUT2D eigenvalue weighted by Crippen LogP contribution is -2.23. The SMILES string of the molecule is CC(C)NCc1ccnc(N(C)CC2CC2C)c1. The van der Waals surface area contributed by atoms with Crippen molar-refractivity contribution >= 4 is 5.82 Å². The van der Waals surface area contributed by atoms with Crippen molar-refractivity contribution in [3.8, 4) is 0 Å². The lowest BCUT2D eigenvalue weighted by molar-refractivity contribution is 0.588. The first-order chi connectivity index (χ1) is 8.56. The highest BCUT2D eigenvalue weighted by Gasteiger charge is 2.33. The summed E-state index contributed by atoms with van der Waals surface area (Å²) in [5.41, 5.74) is 1.31. The van der Waals surface area contributed by atoms with Crippen LogP contribution in [0.2, 0.25) is 0 Å². The van der Waals surface area contributed by atoms with E-state index in [0.29, 0.717) is 6.04 Å². The Morgan fingerprint density at radius 2 is 2.22 bits per heavy atom. The highest BCUT2D eigenvalue weighted by atomic mass is 15.2. The number of nitrogens with one attached hydrogen (secondary N) is 1. The van der Waals surface area contributed by atoms with Crippen LogP contribution in [0.4, 0.5) is 5.82 Å². The maximum Gasteiger partial charge on any atom is 0.128 e. The molecule has 1 N–H and O–H groups in total. The van der Waals surface area contributed by atoms with Gasteiger partial charge in [-0.05, 0) is 36.0 Å². The number of aromatic nitrogens is 1. The number of nitrogens with zero attached hydrogens (tertiary/aromatic N) is 2. The zero-order chi connectivity index (χ0) is 13.1. The van der Waals surface area contributed by atoms with E-state index < -0.39 is 0 Å². The zero-order valence-electron chi connectivity index (χ0n) is 12.0. The van der Waals surface area contributed by atoms with Gasteiger partial charge in [0.05, 0.1) is 0 Å². The molecule has 1 aliphatic carbocycles. The third kappa shape index (κ3) is 3.70. The molecular formula is C15H25N3. The predicted octanol–water partition coefficient (Wildman–Crippen LogP) is 2.67. The molecule has 1 saturated carbocycles. The molecule has 1 aromatic heterocycles. The minimum absolute atomic E-state index is 0.520. The van der Waals surface area contributed by atoms with Crippen LogP contribution in [0.15, 0.2) is 18.3 Å². The van der Waals surface area contributed by atoms with E-state index in [1.807, 2.05) is 6.20 Å². The summed E-state index contributed by atoms with van der Waals surface area (Å²) in [6, 6.07) is 4.81. The number of hydrogen-bond donors (Lipinski definition) is 1. The van der Waals surface area contributed by atoms with Crippen molar-refractivity contribution in [3.63, 3.8) is 0 Å². The van der Waals surface area contributed by atoms with E-state index in [4.69, 9.17) is 0 Å². The molecule has 1 aromatic rings. The number of pyridine rings is 1. The van der Waals surface area contributed by atoms with Crippen LogP contribution >= 0.6 is 0 Å². The first kappa shape index (κ1) is 13.3. The van der Waals surface area contributed by atoms with Crippen molar-refractivity contribution in [2.45, 2.75) is 39.8 Å². The van der Waals surface area contributed by atoms with Gasteiger partial charge >= 0.3 is 0 Å². The molecule has 3 heteroatoms. The van der Waals surface area contributed by atoms with Crippen molar-refractivity contribution in [3.05, 3.63) is 23.9 Å². The van der Waals surface area contributed by atoms with Crippen molar-refractivity contribution in [1.82, 2.24) is 10.3 Å². The zero-order valence-corrected chi connectivity index (χ0v) is 12.0. The standard InChI is InChI=1S/C15H25N3/c1-11(2)17-9-13-5-6-16-15(8-13)18(4)10-14-7-12(14)3/h5-6,8,11-12,14,17H,7,9-10H2,1-4H3. The van der Waals surface area contributed by atoms with Crippen LogP contribution in [0.3, 0.4) is 0 Å². The Balaban J connectivity index is 1.93. The van der Waals surface area contributed by atoms with E-state index >= 15 is 0 Å². The van der Waals surface area contributed by atoms with Gasteiger partial charge in [-0.15, -0.1) is 0 Å². The molecule has 0 aromatic carbocycles. The summed E-state index contributed by atoms with van der Waals surface area (Å²) in [6.07, 6.45) is 3.29. The Kier molecular flexibility index (Phi) is 4.23. The van der Waals surface area contributed by atoms with Crippen LogP contribution in [0.5, 0.6) is 0 Å². The molecule has 1 heterocycles. The molecule has 0 saturated heterocycles. The second-order valence-corrected chi connectivity index (χ2v) is 5.91. The Hall–Kier alpha value is -1.09. The topological polar surface area (TPSA) is 28.2 Å². The molecule has 0 aliphatic heterocycles. The second kappa shape index (κ2) is 5.70. The minimum atomic E-state index is 0.520. The van der Waals surface area contributed by atoms with Gasteiger partial charge in [-0.2, -0.15) is 0 Å². The quantitative estimate of drug-likeness (QED) is 0.837. The third-order valence-electron chi connectivity index (χ3n) is 3.70. The van der Waals surface area contributed by atoms with Gasteiger partial charge < -0.3 is 10.2 Å². The molecule has 1 aliphatic rings. The number of hydrogen-bond acceptors (Lipinski definition) is 3. The summed E-state index contributed by atoms with van der Waals surface area (Å²) in [5.74, 6) is 2.87. The van der Waals surface area contributed by atoms with Crippen molar-refractivity contribution < 1.29 is 0 Å². The van der Waals surface area contributed by atoms with Gasteiger partial charge in [0.2, 0.25) is 0 Å². The summed E-state index contributed by atoms with van der Waals surface area (Å²) >= 11 is 0. The predicted molar refractivity (Wildman–Crippen MR) is 76.8 cm³/mol. The molecule has 2 atom stereocenters. The van der Waals surface area contributed by atoms with Crippen LogP contribution in [-0.2, 0) is 6.54 Å². The van der Waals surface area contributed by atoms with Crippen molar-refractivity contribution in [2.75, 3.05) is 18.5 Å². The average Bonchev–Trinajstić information content (AvgIpc) is 3.02. The molecule has 0 spiro atoms. The van der Waals surface area contributed by atoms with E-state index in [-0.39, 0.29) is 0 Å². The van der Waals surface area contributed by atoms with Gasteiger partial charge in [-0.1, -0.05) is 20.8 Å². The number of anilines is 1. The highest BCUT2D eigenvalue weighted by Crippen LogP contribution is 2.38. The van der Waals surface area contributed by atoms with Gasteiger partial charge in [0.1, 0.15) is 5.82 Å². The van der Waals surface area contributed by atoms with Crippen LogP contribution in [0, 0.1) is 11.8 Å². The van der Waals surface area contributed by atoms with Crippen LogP contribution in [-0.4, -0.2) is 24.6 Å². The molecule has 100 valence electrons. The van der Waals surface area contributed by atoms with Crippen LogP contribution in [0.25, 0.3) is 0 Å². The van der Waals surface area contributed by atoms with Gasteiger partial charge in [-0.3, -0.25) is 0 Å². The molecule has 2 rings (SSSR count). The maximum absolute atomic E-state index is 4.47. The first-order valence-corrected chi connectivity index (χ1v) is 6.95. The molecule has 3 nitrogen and oxygen atoms in total. The fraction of sp³-hybridized carbons (Fsp3) is 0.667. The molecule has 0 amide bonds. The summed E-state index contributed by atoms with van der Waals surface area (Å²) < 4.78 is 0. The Morgan fingerprint density at radius 1 is 1.50 bits per heavy atom. The van der Waals surface area contributed by atoms with E-state index in [1.165, 1.54) is 12.0 Å². The van der Waals surface area contributed by atoms with Gasteiger partial charge in [-0.25, -0.2) is 4.98 Å². The van der Waals surface area contributed by atoms with E-state index in [0.717, 1.165) is 30.7 Å². The Labute approximate surface area is 111 Å². The van der Waals surface area contributed by atoms with Crippen LogP contribution < -0.4 is 10.2 Å². The van der Waals surface area contributed by atoms with Crippen molar-refractivity contribution in [1.29, 1.82) is 0 Å². The van der Waals surface area contributed by atoms with Crippen molar-refractivity contribution in [2.24, 2.45) is 11.8 Å². The summed E-state index contributed by atoms with van der Waals surface area (Å²) in [4.78, 5) is 6.76. The molecule has 0 radical (unpaired) electrons. The third-order valence-corrected chi connectivity index (χ3v) is 3.70. The monoisotopic (exact) mass is 247 g/mol. The fourth-order valence-corrected chi connectivity index (χ4v) is 2.20. The maximum atomic E-state index is 4.47. The lowest BCUT2D eigenvalue weighted by atomic mass is 10.2. The molecular weight excluding hydrogens is 222 g/mol. The lowest BCUT2D eigenvalue weighted by Gasteiger charge is -2.19. The fourth-order valence-electron chi connectivity index (χ4n) is 2.20. The summed E-state index contributed by atoms with van der Waals surface area (Å²) in [5, 5.41) is 3.44. The second-order valence-electron chi connectivity index (χ2n) is 5.91. The Bertz CT molecular complexity index is 389. The minimum Gasteiger partial charge on any atom is -0.359 e. The largest absolute Gasteiger partial charge is 0.359 e.